The fourth-order valence-corrected chi connectivity index (χ4v) is 4.84. The molecule has 3 aliphatic rings. The van der Waals surface area contributed by atoms with Crippen LogP contribution in [0.25, 0.3) is 0 Å². The van der Waals surface area contributed by atoms with E-state index in [9.17, 15) is 0 Å². The van der Waals surface area contributed by atoms with E-state index in [0.717, 1.165) is 11.8 Å². The molecule has 2 fully saturated rings. The van der Waals surface area contributed by atoms with Crippen molar-refractivity contribution >= 4 is 0 Å². The van der Waals surface area contributed by atoms with Gasteiger partial charge in [0.05, 0.1) is 0 Å². The Morgan fingerprint density at radius 1 is 1.11 bits per heavy atom. The molecule has 3 rings (SSSR count). The molecule has 0 aromatic carbocycles. The molecule has 0 aromatic rings. The van der Waals surface area contributed by atoms with E-state index in [0.29, 0.717) is 18.0 Å². The van der Waals surface area contributed by atoms with Crippen molar-refractivity contribution < 1.29 is 0 Å². The predicted molar refractivity (Wildman–Crippen MR) is 80.9 cm³/mol. The Kier molecular flexibility index (Phi) is 4.28. The number of rotatable bonds is 3. The van der Waals surface area contributed by atoms with Crippen molar-refractivity contribution in [3.05, 3.63) is 12.2 Å². The van der Waals surface area contributed by atoms with Crippen LogP contribution in [0.4, 0.5) is 0 Å². The lowest BCUT2D eigenvalue weighted by Crippen LogP contribution is -2.54. The molecule has 0 radical (unpaired) electrons. The van der Waals surface area contributed by atoms with Gasteiger partial charge in [-0.25, -0.2) is 0 Å². The largest absolute Gasteiger partial charge is 0.324 e. The molecule has 0 saturated heterocycles. The molecule has 2 nitrogen and oxygen atoms in total. The predicted octanol–water partition coefficient (Wildman–Crippen LogP) is 3.23. The van der Waals surface area contributed by atoms with E-state index in [1.165, 1.54) is 51.4 Å². The molecule has 19 heavy (non-hydrogen) atoms. The zero-order valence-electron chi connectivity index (χ0n) is 12.4. The fourth-order valence-electron chi connectivity index (χ4n) is 4.84. The average Bonchev–Trinajstić information content (AvgIpc) is 2.93. The molecule has 108 valence electrons. The Hall–Kier alpha value is -0.340. The van der Waals surface area contributed by atoms with Crippen LogP contribution in [0.3, 0.4) is 0 Å². The van der Waals surface area contributed by atoms with Crippen LogP contribution in [-0.4, -0.2) is 18.1 Å². The van der Waals surface area contributed by atoms with Gasteiger partial charge in [-0.15, -0.1) is 0 Å². The van der Waals surface area contributed by atoms with Gasteiger partial charge in [-0.1, -0.05) is 31.4 Å². The van der Waals surface area contributed by atoms with Gasteiger partial charge in [-0.05, 0) is 56.8 Å². The molecule has 0 aliphatic heterocycles. The van der Waals surface area contributed by atoms with Crippen molar-refractivity contribution in [3.63, 3.8) is 0 Å². The maximum absolute atomic E-state index is 6.38. The quantitative estimate of drug-likeness (QED) is 0.766. The summed E-state index contributed by atoms with van der Waals surface area (Å²) in [5.41, 5.74) is 6.38. The number of nitrogens with one attached hydrogen (secondary N) is 1. The van der Waals surface area contributed by atoms with E-state index < -0.39 is 0 Å². The van der Waals surface area contributed by atoms with Gasteiger partial charge in [0, 0.05) is 18.1 Å². The van der Waals surface area contributed by atoms with E-state index in [1.54, 1.807) is 0 Å². The third-order valence-electron chi connectivity index (χ3n) is 5.92. The summed E-state index contributed by atoms with van der Waals surface area (Å²) >= 11 is 0. The number of hydrogen-bond donors (Lipinski definition) is 2. The molecule has 2 heteroatoms. The van der Waals surface area contributed by atoms with Crippen LogP contribution >= 0.6 is 0 Å². The number of fused-ring (bicyclic) bond motifs is 1. The van der Waals surface area contributed by atoms with Crippen LogP contribution in [0.15, 0.2) is 12.2 Å². The molecule has 0 aromatic heterocycles. The molecule has 3 N–H and O–H groups in total. The van der Waals surface area contributed by atoms with E-state index in [2.05, 4.69) is 24.4 Å². The summed E-state index contributed by atoms with van der Waals surface area (Å²) in [6.07, 6.45) is 15.7. The van der Waals surface area contributed by atoms with Crippen molar-refractivity contribution in [1.82, 2.24) is 5.32 Å². The summed E-state index contributed by atoms with van der Waals surface area (Å²) in [5, 5.41) is 3.98. The summed E-state index contributed by atoms with van der Waals surface area (Å²) in [6, 6.07) is 1.63. The zero-order chi connectivity index (χ0) is 13.2. The third-order valence-corrected chi connectivity index (χ3v) is 5.92. The minimum absolute atomic E-state index is 0.285. The normalized spacial score (nSPS) is 41.2. The first-order chi connectivity index (χ1) is 9.25. The van der Waals surface area contributed by atoms with Crippen LogP contribution in [0.2, 0.25) is 0 Å². The molecule has 5 unspecified atom stereocenters. The Morgan fingerprint density at radius 3 is 2.68 bits per heavy atom. The van der Waals surface area contributed by atoms with Crippen LogP contribution < -0.4 is 11.1 Å². The first-order valence-electron chi connectivity index (χ1n) is 8.44. The second-order valence-electron chi connectivity index (χ2n) is 7.12. The minimum Gasteiger partial charge on any atom is -0.324 e. The summed E-state index contributed by atoms with van der Waals surface area (Å²) < 4.78 is 0. The highest BCUT2D eigenvalue weighted by molar-refractivity contribution is 5.08. The average molecular weight is 262 g/mol. The molecule has 0 amide bonds. The Balaban J connectivity index is 1.63. The minimum atomic E-state index is 0.285. The van der Waals surface area contributed by atoms with Gasteiger partial charge < -0.3 is 11.1 Å². The molecule has 0 bridgehead atoms. The molecule has 5 atom stereocenters. The maximum Gasteiger partial charge on any atom is 0.0270 e. The Bertz CT molecular complexity index is 319. The fraction of sp³-hybridized carbons (Fsp3) is 0.882. The van der Waals surface area contributed by atoms with Crippen LogP contribution in [0, 0.1) is 17.8 Å². The number of allylic oxidation sites excluding steroid dienone is 1. The highest BCUT2D eigenvalue weighted by Crippen LogP contribution is 2.38. The van der Waals surface area contributed by atoms with Crippen molar-refractivity contribution in [1.29, 1.82) is 0 Å². The lowest BCUT2D eigenvalue weighted by molar-refractivity contribution is 0.139. The molecule has 0 spiro atoms. The van der Waals surface area contributed by atoms with Gasteiger partial charge in [-0.2, -0.15) is 0 Å². The van der Waals surface area contributed by atoms with Crippen molar-refractivity contribution in [2.75, 3.05) is 0 Å². The van der Waals surface area contributed by atoms with Gasteiger partial charge in [0.15, 0.2) is 0 Å². The lowest BCUT2D eigenvalue weighted by Gasteiger charge is -2.44. The first kappa shape index (κ1) is 13.6. The highest BCUT2D eigenvalue weighted by Gasteiger charge is 2.38. The van der Waals surface area contributed by atoms with E-state index >= 15 is 0 Å². The summed E-state index contributed by atoms with van der Waals surface area (Å²) in [6.45, 7) is 2.41. The second kappa shape index (κ2) is 5.97. The monoisotopic (exact) mass is 262 g/mol. The molecule has 0 heterocycles. The summed E-state index contributed by atoms with van der Waals surface area (Å²) in [4.78, 5) is 0. The third kappa shape index (κ3) is 2.90. The van der Waals surface area contributed by atoms with Crippen molar-refractivity contribution in [2.45, 2.75) is 76.4 Å². The van der Waals surface area contributed by atoms with Gasteiger partial charge >= 0.3 is 0 Å². The van der Waals surface area contributed by atoms with Crippen molar-refractivity contribution in [3.8, 4) is 0 Å². The van der Waals surface area contributed by atoms with Gasteiger partial charge in [0.25, 0.3) is 0 Å². The van der Waals surface area contributed by atoms with E-state index in [4.69, 9.17) is 5.73 Å². The summed E-state index contributed by atoms with van der Waals surface area (Å²) in [5.74, 6) is 2.43. The molecular weight excluding hydrogens is 232 g/mol. The molecule has 3 aliphatic carbocycles. The first-order valence-corrected chi connectivity index (χ1v) is 8.44. The van der Waals surface area contributed by atoms with Crippen molar-refractivity contribution in [2.24, 2.45) is 23.5 Å². The smallest absolute Gasteiger partial charge is 0.0270 e. The van der Waals surface area contributed by atoms with Gasteiger partial charge in [-0.3, -0.25) is 0 Å². The zero-order valence-corrected chi connectivity index (χ0v) is 12.4. The second-order valence-corrected chi connectivity index (χ2v) is 7.12. The standard InChI is InChI=1S/C17H30N2/c1-12(13-6-2-3-7-13)19-16-11-5-9-14-8-4-10-15(18)17(14)16/h4,10,12-17,19H,2-3,5-9,11,18H2,1H3. The Labute approximate surface area is 118 Å². The highest BCUT2D eigenvalue weighted by atomic mass is 15.0. The SMILES string of the molecule is CC(NC1CCCC2CC=CC(N)C21)C1CCCC1. The van der Waals surface area contributed by atoms with Crippen LogP contribution in [0.5, 0.6) is 0 Å². The topological polar surface area (TPSA) is 38.0 Å². The van der Waals surface area contributed by atoms with Crippen LogP contribution in [0.1, 0.15) is 58.3 Å². The summed E-state index contributed by atoms with van der Waals surface area (Å²) in [7, 11) is 0. The molecular formula is C17H30N2. The molecule has 2 saturated carbocycles. The van der Waals surface area contributed by atoms with E-state index in [-0.39, 0.29) is 6.04 Å². The van der Waals surface area contributed by atoms with E-state index in [1.807, 2.05) is 0 Å². The Morgan fingerprint density at radius 2 is 1.89 bits per heavy atom. The lowest BCUT2D eigenvalue weighted by atomic mass is 9.68. The maximum atomic E-state index is 6.38. The number of hydrogen-bond acceptors (Lipinski definition) is 2. The van der Waals surface area contributed by atoms with Gasteiger partial charge in [0.1, 0.15) is 0 Å². The number of nitrogens with two attached hydrogens (primary N) is 1. The van der Waals surface area contributed by atoms with Crippen LogP contribution in [-0.2, 0) is 0 Å². The van der Waals surface area contributed by atoms with Gasteiger partial charge in [0.2, 0.25) is 0 Å².